The molecule has 1 saturated heterocycles. The predicted octanol–water partition coefficient (Wildman–Crippen LogP) is 3.72. The monoisotopic (exact) mass is 420 g/mol. The van der Waals surface area contributed by atoms with Gasteiger partial charge in [0.15, 0.2) is 10.7 Å². The van der Waals surface area contributed by atoms with E-state index in [2.05, 4.69) is 15.2 Å². The predicted molar refractivity (Wildman–Crippen MR) is 110 cm³/mol. The molecule has 1 aromatic carbocycles. The molecule has 148 valence electrons. The first-order chi connectivity index (χ1) is 13.6. The fourth-order valence-corrected chi connectivity index (χ4v) is 4.31. The third-order valence-corrected chi connectivity index (χ3v) is 5.87. The number of rotatable bonds is 6. The van der Waals surface area contributed by atoms with Crippen LogP contribution in [0.5, 0.6) is 0 Å². The van der Waals surface area contributed by atoms with Crippen molar-refractivity contribution in [2.75, 3.05) is 18.4 Å². The third kappa shape index (κ3) is 4.45. The van der Waals surface area contributed by atoms with Crippen LogP contribution in [0.15, 0.2) is 32.8 Å². The summed E-state index contributed by atoms with van der Waals surface area (Å²) in [5.74, 6) is -0.683. The minimum absolute atomic E-state index is 0.151. The highest BCUT2D eigenvalue weighted by molar-refractivity contribution is 7.13. The van der Waals surface area contributed by atoms with Crippen LogP contribution in [0, 0.1) is 0 Å². The van der Waals surface area contributed by atoms with Crippen LogP contribution >= 0.6 is 22.9 Å². The number of fused-ring (bicyclic) bond motifs is 1. The van der Waals surface area contributed by atoms with Gasteiger partial charge >= 0.3 is 5.76 Å². The molecule has 4 rings (SSSR count). The van der Waals surface area contributed by atoms with E-state index < -0.39 is 5.76 Å². The number of carbonyl (C=O) groups is 1. The van der Waals surface area contributed by atoms with Gasteiger partial charge in [-0.1, -0.05) is 18.0 Å². The number of oxazole rings is 1. The van der Waals surface area contributed by atoms with Gasteiger partial charge in [-0.05, 0) is 38.1 Å². The maximum absolute atomic E-state index is 12.3. The Kier molecular flexibility index (Phi) is 5.79. The lowest BCUT2D eigenvalue weighted by Gasteiger charge is -2.25. The smallest absolute Gasteiger partial charge is 0.408 e. The fourth-order valence-electron chi connectivity index (χ4n) is 3.43. The average molecular weight is 421 g/mol. The third-order valence-electron chi connectivity index (χ3n) is 4.83. The number of carbonyl (C=O) groups excluding carboxylic acids is 1. The summed E-state index contributed by atoms with van der Waals surface area (Å²) in [5.41, 5.74) is 2.02. The zero-order valence-corrected chi connectivity index (χ0v) is 16.9. The molecule has 7 nitrogen and oxygen atoms in total. The van der Waals surface area contributed by atoms with Gasteiger partial charge in [0.05, 0.1) is 11.2 Å². The summed E-state index contributed by atoms with van der Waals surface area (Å²) in [4.78, 5) is 31.2. The molecule has 0 saturated carbocycles. The number of aromatic nitrogens is 2. The van der Waals surface area contributed by atoms with Crippen molar-refractivity contribution in [3.05, 3.63) is 44.8 Å². The van der Waals surface area contributed by atoms with Gasteiger partial charge in [0, 0.05) is 36.0 Å². The summed E-state index contributed by atoms with van der Waals surface area (Å²) in [6.07, 6.45) is 3.93. The average Bonchev–Trinajstić information content (AvgIpc) is 3.23. The first-order valence-electron chi connectivity index (χ1n) is 9.34. The normalized spacial score (nSPS) is 15.2. The second-order valence-corrected chi connectivity index (χ2v) is 8.21. The van der Waals surface area contributed by atoms with Gasteiger partial charge in [-0.25, -0.2) is 9.78 Å². The Labute approximate surface area is 170 Å². The summed E-state index contributed by atoms with van der Waals surface area (Å²) in [6.45, 7) is 3.27. The van der Waals surface area contributed by atoms with E-state index in [9.17, 15) is 9.59 Å². The standard InChI is InChI=1S/C19H21ClN4O3S/c20-13-4-5-15-16(10-13)27-19(26)24(15)9-6-17(25)22-18-21-14(12-28-18)11-23-7-2-1-3-8-23/h4-5,10,12H,1-3,6-9,11H2,(H,21,22,25). The molecule has 0 spiro atoms. The van der Waals surface area contributed by atoms with Gasteiger partial charge in [0.2, 0.25) is 5.91 Å². The van der Waals surface area contributed by atoms with Crippen molar-refractivity contribution in [2.24, 2.45) is 0 Å². The van der Waals surface area contributed by atoms with Crippen molar-refractivity contribution >= 4 is 45.1 Å². The molecule has 1 aliphatic heterocycles. The number of amides is 1. The van der Waals surface area contributed by atoms with Crippen molar-refractivity contribution in [2.45, 2.75) is 38.8 Å². The van der Waals surface area contributed by atoms with Gasteiger partial charge in [-0.2, -0.15) is 0 Å². The van der Waals surface area contributed by atoms with E-state index in [1.54, 1.807) is 18.2 Å². The molecule has 3 heterocycles. The molecular weight excluding hydrogens is 400 g/mol. The molecule has 1 N–H and O–H groups in total. The molecule has 0 atom stereocenters. The van der Waals surface area contributed by atoms with E-state index in [1.165, 1.54) is 35.2 Å². The van der Waals surface area contributed by atoms with Crippen molar-refractivity contribution in [3.8, 4) is 0 Å². The van der Waals surface area contributed by atoms with E-state index in [1.807, 2.05) is 5.38 Å². The van der Waals surface area contributed by atoms with Crippen LogP contribution in [0.2, 0.25) is 5.02 Å². The second-order valence-electron chi connectivity index (χ2n) is 6.91. The zero-order chi connectivity index (χ0) is 19.5. The summed E-state index contributed by atoms with van der Waals surface area (Å²) < 4.78 is 6.62. The summed E-state index contributed by atoms with van der Waals surface area (Å²) >= 11 is 7.34. The highest BCUT2D eigenvalue weighted by atomic mass is 35.5. The van der Waals surface area contributed by atoms with Gasteiger partial charge in [0.1, 0.15) is 0 Å². The van der Waals surface area contributed by atoms with Crippen molar-refractivity contribution < 1.29 is 9.21 Å². The Hall–Kier alpha value is -2.16. The molecule has 1 fully saturated rings. The molecule has 2 aromatic heterocycles. The number of thiazole rings is 1. The maximum atomic E-state index is 12.3. The topological polar surface area (TPSA) is 80.4 Å². The van der Waals surface area contributed by atoms with Gasteiger partial charge < -0.3 is 9.73 Å². The summed E-state index contributed by atoms with van der Waals surface area (Å²) in [6, 6.07) is 5.00. The molecule has 0 bridgehead atoms. The van der Waals surface area contributed by atoms with Crippen LogP contribution in [-0.4, -0.2) is 33.4 Å². The number of aryl methyl sites for hydroxylation is 1. The van der Waals surface area contributed by atoms with E-state index in [0.29, 0.717) is 21.3 Å². The van der Waals surface area contributed by atoms with Gasteiger partial charge in [0.25, 0.3) is 0 Å². The Morgan fingerprint density at radius 2 is 2.11 bits per heavy atom. The number of nitrogens with one attached hydrogen (secondary N) is 1. The molecule has 1 aliphatic rings. The van der Waals surface area contributed by atoms with Crippen LogP contribution in [0.4, 0.5) is 5.13 Å². The minimum Gasteiger partial charge on any atom is -0.408 e. The zero-order valence-electron chi connectivity index (χ0n) is 15.3. The Bertz CT molecular complexity index is 1040. The lowest BCUT2D eigenvalue weighted by molar-refractivity contribution is -0.116. The highest BCUT2D eigenvalue weighted by Gasteiger charge is 2.14. The Morgan fingerprint density at radius 3 is 2.93 bits per heavy atom. The number of benzene rings is 1. The Morgan fingerprint density at radius 1 is 1.29 bits per heavy atom. The molecule has 0 unspecified atom stereocenters. The van der Waals surface area contributed by atoms with Crippen LogP contribution in [0.25, 0.3) is 11.1 Å². The van der Waals surface area contributed by atoms with Crippen LogP contribution < -0.4 is 11.1 Å². The molecule has 0 radical (unpaired) electrons. The molecule has 0 aliphatic carbocycles. The van der Waals surface area contributed by atoms with Crippen molar-refractivity contribution in [1.82, 2.24) is 14.5 Å². The number of nitrogens with zero attached hydrogens (tertiary/aromatic N) is 3. The molecule has 1 amide bonds. The van der Waals surface area contributed by atoms with Crippen molar-refractivity contribution in [3.63, 3.8) is 0 Å². The first kappa shape index (κ1) is 19.2. The number of piperidine rings is 1. The molecule has 28 heavy (non-hydrogen) atoms. The number of likely N-dealkylation sites (tertiary alicyclic amines) is 1. The summed E-state index contributed by atoms with van der Waals surface area (Å²) in [7, 11) is 0. The minimum atomic E-state index is -0.497. The molecule has 9 heteroatoms. The fraction of sp³-hybridized carbons (Fsp3) is 0.421. The SMILES string of the molecule is O=C(CCn1c(=O)oc2cc(Cl)ccc21)Nc1nc(CN2CCCCC2)cs1. The van der Waals surface area contributed by atoms with Crippen LogP contribution in [-0.2, 0) is 17.9 Å². The van der Waals surface area contributed by atoms with Crippen LogP contribution in [0.1, 0.15) is 31.4 Å². The Balaban J connectivity index is 1.34. The highest BCUT2D eigenvalue weighted by Crippen LogP contribution is 2.20. The quantitative estimate of drug-likeness (QED) is 0.657. The largest absolute Gasteiger partial charge is 0.419 e. The molecule has 3 aromatic rings. The van der Waals surface area contributed by atoms with Crippen LogP contribution in [0.3, 0.4) is 0 Å². The van der Waals surface area contributed by atoms with E-state index in [4.69, 9.17) is 16.0 Å². The van der Waals surface area contributed by atoms with Crippen molar-refractivity contribution in [1.29, 1.82) is 0 Å². The maximum Gasteiger partial charge on any atom is 0.419 e. The first-order valence-corrected chi connectivity index (χ1v) is 10.6. The number of hydrogen-bond donors (Lipinski definition) is 1. The van der Waals surface area contributed by atoms with E-state index in [0.717, 1.165) is 25.3 Å². The van der Waals surface area contributed by atoms with Gasteiger partial charge in [-0.15, -0.1) is 11.3 Å². The number of halogens is 1. The number of hydrogen-bond acceptors (Lipinski definition) is 6. The van der Waals surface area contributed by atoms with E-state index >= 15 is 0 Å². The lowest BCUT2D eigenvalue weighted by atomic mass is 10.1. The van der Waals surface area contributed by atoms with Gasteiger partial charge in [-0.3, -0.25) is 14.3 Å². The summed E-state index contributed by atoms with van der Waals surface area (Å²) in [5, 5.41) is 5.90. The number of anilines is 1. The van der Waals surface area contributed by atoms with E-state index in [-0.39, 0.29) is 18.9 Å². The second kappa shape index (κ2) is 8.46. The molecular formula is C19H21ClN4O3S. The lowest BCUT2D eigenvalue weighted by Crippen LogP contribution is -2.29.